The molecule has 0 heterocycles. The highest BCUT2D eigenvalue weighted by molar-refractivity contribution is 6.31. The molecule has 0 aliphatic heterocycles. The number of carbonyl (C=O) groups excluding carboxylic acids is 2. The largest absolute Gasteiger partial charge is 0.453 e. The maximum atomic E-state index is 11.5. The highest BCUT2D eigenvalue weighted by Gasteiger charge is 2.07. The molecular formula is C10H10ClNO3. The van der Waals surface area contributed by atoms with Crippen molar-refractivity contribution in [3.63, 3.8) is 0 Å². The Bertz CT molecular complexity index is 379. The third-order valence-electron chi connectivity index (χ3n) is 1.73. The van der Waals surface area contributed by atoms with Gasteiger partial charge in [-0.25, -0.2) is 4.79 Å². The molecule has 5 heteroatoms. The first-order valence-corrected chi connectivity index (χ1v) is 4.62. The normalized spacial score (nSPS) is 9.47. The number of carbonyl (C=O) groups is 2. The zero-order valence-electron chi connectivity index (χ0n) is 8.12. The van der Waals surface area contributed by atoms with Crippen LogP contribution in [0.1, 0.15) is 10.4 Å². The Morgan fingerprint density at radius 1 is 1.47 bits per heavy atom. The summed E-state index contributed by atoms with van der Waals surface area (Å²) in [5.74, 6) is -0.220. The molecule has 0 spiro atoms. The molecular weight excluding hydrogens is 218 g/mol. The number of alkyl carbamates (subject to hydrolysis) is 1. The molecule has 0 aliphatic rings. The van der Waals surface area contributed by atoms with Gasteiger partial charge in [0.1, 0.15) is 0 Å². The Morgan fingerprint density at radius 3 is 2.80 bits per heavy atom. The molecule has 4 nitrogen and oxygen atoms in total. The molecule has 0 bridgehead atoms. The van der Waals surface area contributed by atoms with Crippen molar-refractivity contribution in [2.75, 3.05) is 13.7 Å². The lowest BCUT2D eigenvalue weighted by molar-refractivity contribution is 0.0983. The molecule has 1 amide bonds. The van der Waals surface area contributed by atoms with Gasteiger partial charge in [0.15, 0.2) is 5.78 Å². The van der Waals surface area contributed by atoms with Gasteiger partial charge in [-0.3, -0.25) is 4.79 Å². The van der Waals surface area contributed by atoms with E-state index >= 15 is 0 Å². The zero-order valence-corrected chi connectivity index (χ0v) is 8.88. The topological polar surface area (TPSA) is 55.4 Å². The Morgan fingerprint density at radius 2 is 2.20 bits per heavy atom. The van der Waals surface area contributed by atoms with Crippen LogP contribution in [-0.2, 0) is 4.74 Å². The summed E-state index contributed by atoms with van der Waals surface area (Å²) in [5, 5.41) is 2.78. The van der Waals surface area contributed by atoms with Crippen molar-refractivity contribution in [3.05, 3.63) is 34.9 Å². The highest BCUT2D eigenvalue weighted by atomic mass is 35.5. The predicted octanol–water partition coefficient (Wildman–Crippen LogP) is 1.88. The SMILES string of the molecule is COC(=O)NCC(=O)c1cccc(Cl)c1. The van der Waals surface area contributed by atoms with Crippen molar-refractivity contribution in [2.45, 2.75) is 0 Å². The molecule has 1 rings (SSSR count). The lowest BCUT2D eigenvalue weighted by Gasteiger charge is -2.03. The number of hydrogen-bond acceptors (Lipinski definition) is 3. The molecule has 15 heavy (non-hydrogen) atoms. The average molecular weight is 228 g/mol. The molecule has 0 fully saturated rings. The summed E-state index contributed by atoms with van der Waals surface area (Å²) in [6, 6.07) is 6.52. The maximum absolute atomic E-state index is 11.5. The van der Waals surface area contributed by atoms with Crippen molar-refractivity contribution < 1.29 is 14.3 Å². The molecule has 1 aromatic rings. The van der Waals surface area contributed by atoms with Gasteiger partial charge in [0.05, 0.1) is 13.7 Å². The second-order valence-corrected chi connectivity index (χ2v) is 3.22. The van der Waals surface area contributed by atoms with E-state index in [9.17, 15) is 9.59 Å². The van der Waals surface area contributed by atoms with Gasteiger partial charge >= 0.3 is 6.09 Å². The van der Waals surface area contributed by atoms with Crippen LogP contribution in [0.15, 0.2) is 24.3 Å². The minimum atomic E-state index is -0.634. The van der Waals surface area contributed by atoms with Crippen LogP contribution in [0.5, 0.6) is 0 Å². The number of methoxy groups -OCH3 is 1. The average Bonchev–Trinajstić information content (AvgIpc) is 2.25. The predicted molar refractivity (Wildman–Crippen MR) is 56.2 cm³/mol. The van der Waals surface area contributed by atoms with E-state index < -0.39 is 6.09 Å². The van der Waals surface area contributed by atoms with Gasteiger partial charge in [-0.15, -0.1) is 0 Å². The smallest absolute Gasteiger partial charge is 0.407 e. The molecule has 1 aromatic carbocycles. The zero-order chi connectivity index (χ0) is 11.3. The van der Waals surface area contributed by atoms with Crippen LogP contribution in [0.3, 0.4) is 0 Å². The van der Waals surface area contributed by atoms with Crippen LogP contribution in [-0.4, -0.2) is 25.5 Å². The van der Waals surface area contributed by atoms with E-state index in [-0.39, 0.29) is 12.3 Å². The molecule has 1 N–H and O–H groups in total. The monoisotopic (exact) mass is 227 g/mol. The Balaban J connectivity index is 2.58. The van der Waals surface area contributed by atoms with Gasteiger partial charge in [0.2, 0.25) is 0 Å². The quantitative estimate of drug-likeness (QED) is 0.803. The molecule has 80 valence electrons. The van der Waals surface area contributed by atoms with E-state index in [1.807, 2.05) is 0 Å². The van der Waals surface area contributed by atoms with Crippen LogP contribution in [0, 0.1) is 0 Å². The number of ether oxygens (including phenoxy) is 1. The van der Waals surface area contributed by atoms with E-state index in [4.69, 9.17) is 11.6 Å². The number of nitrogens with one attached hydrogen (secondary N) is 1. The van der Waals surface area contributed by atoms with Crippen molar-refractivity contribution in [1.29, 1.82) is 0 Å². The van der Waals surface area contributed by atoms with Crippen molar-refractivity contribution in [2.24, 2.45) is 0 Å². The second-order valence-electron chi connectivity index (χ2n) is 2.78. The van der Waals surface area contributed by atoms with Crippen LogP contribution in [0.25, 0.3) is 0 Å². The number of ketones is 1. The van der Waals surface area contributed by atoms with Crippen molar-refractivity contribution >= 4 is 23.5 Å². The Hall–Kier alpha value is -1.55. The minimum Gasteiger partial charge on any atom is -0.453 e. The number of hydrogen-bond donors (Lipinski definition) is 1. The van der Waals surface area contributed by atoms with Crippen LogP contribution < -0.4 is 5.32 Å². The van der Waals surface area contributed by atoms with Crippen LogP contribution >= 0.6 is 11.6 Å². The van der Waals surface area contributed by atoms with Crippen molar-refractivity contribution in [3.8, 4) is 0 Å². The second kappa shape index (κ2) is 5.36. The molecule has 0 saturated carbocycles. The van der Waals surface area contributed by atoms with Crippen LogP contribution in [0.4, 0.5) is 4.79 Å². The number of benzene rings is 1. The van der Waals surface area contributed by atoms with Gasteiger partial charge in [-0.2, -0.15) is 0 Å². The molecule has 0 unspecified atom stereocenters. The summed E-state index contributed by atoms with van der Waals surface area (Å²) in [6.07, 6.45) is -0.634. The Labute approximate surface area is 92.2 Å². The van der Waals surface area contributed by atoms with E-state index in [2.05, 4.69) is 10.1 Å². The van der Waals surface area contributed by atoms with Gasteiger partial charge < -0.3 is 10.1 Å². The molecule has 0 saturated heterocycles. The van der Waals surface area contributed by atoms with Crippen molar-refractivity contribution in [1.82, 2.24) is 5.32 Å². The molecule has 0 atom stereocenters. The van der Waals surface area contributed by atoms with Gasteiger partial charge in [0.25, 0.3) is 0 Å². The third kappa shape index (κ3) is 3.59. The van der Waals surface area contributed by atoms with Gasteiger partial charge in [-0.1, -0.05) is 23.7 Å². The van der Waals surface area contributed by atoms with E-state index in [1.54, 1.807) is 24.3 Å². The fraction of sp³-hybridized carbons (Fsp3) is 0.200. The number of Topliss-reactive ketones (excluding diaryl/α,β-unsaturated/α-hetero) is 1. The first-order valence-electron chi connectivity index (χ1n) is 4.24. The summed E-state index contributed by atoms with van der Waals surface area (Å²) < 4.78 is 4.33. The summed E-state index contributed by atoms with van der Waals surface area (Å²) >= 11 is 5.71. The third-order valence-corrected chi connectivity index (χ3v) is 1.96. The van der Waals surface area contributed by atoms with Crippen LogP contribution in [0.2, 0.25) is 5.02 Å². The molecule has 0 radical (unpaired) electrons. The fourth-order valence-corrected chi connectivity index (χ4v) is 1.18. The highest BCUT2D eigenvalue weighted by Crippen LogP contribution is 2.10. The van der Waals surface area contributed by atoms with E-state index in [0.29, 0.717) is 10.6 Å². The lowest BCUT2D eigenvalue weighted by Crippen LogP contribution is -2.29. The van der Waals surface area contributed by atoms with Gasteiger partial charge in [0, 0.05) is 10.6 Å². The molecule has 0 aliphatic carbocycles. The summed E-state index contributed by atoms with van der Waals surface area (Å²) in [6.45, 7) is -0.104. The summed E-state index contributed by atoms with van der Waals surface area (Å²) in [4.78, 5) is 22.2. The number of rotatable bonds is 3. The number of amides is 1. The maximum Gasteiger partial charge on any atom is 0.407 e. The van der Waals surface area contributed by atoms with Gasteiger partial charge in [-0.05, 0) is 12.1 Å². The van der Waals surface area contributed by atoms with E-state index in [1.165, 1.54) is 7.11 Å². The fourth-order valence-electron chi connectivity index (χ4n) is 0.989. The minimum absolute atomic E-state index is 0.104. The summed E-state index contributed by atoms with van der Waals surface area (Å²) in [5.41, 5.74) is 0.457. The Kier molecular flexibility index (Phi) is 4.12. The molecule has 0 aromatic heterocycles. The van der Waals surface area contributed by atoms with E-state index in [0.717, 1.165) is 0 Å². The lowest BCUT2D eigenvalue weighted by atomic mass is 10.1. The summed E-state index contributed by atoms with van der Waals surface area (Å²) in [7, 11) is 1.24. The standard InChI is InChI=1S/C10H10ClNO3/c1-15-10(14)12-6-9(13)7-3-2-4-8(11)5-7/h2-5H,6H2,1H3,(H,12,14). The first kappa shape index (κ1) is 11.5. The first-order chi connectivity index (χ1) is 7.13. The number of halogens is 1.